The number of nitrogens with one attached hydrogen (secondary N) is 2. The predicted octanol–water partition coefficient (Wildman–Crippen LogP) is 3.66. The maximum Gasteiger partial charge on any atom is 0.253 e. The molecule has 2 N–H and O–H groups in total. The summed E-state index contributed by atoms with van der Waals surface area (Å²) in [5.74, 6) is -0.127. The molecular weight excluding hydrogens is 456 g/mol. The van der Waals surface area contributed by atoms with Crippen molar-refractivity contribution in [1.82, 2.24) is 30.0 Å². The molecule has 0 fully saturated rings. The first-order chi connectivity index (χ1) is 17.2. The third-order valence-electron chi connectivity index (χ3n) is 6.57. The van der Waals surface area contributed by atoms with Gasteiger partial charge in [-0.2, -0.15) is 5.10 Å². The molecule has 2 amide bonds. The Balaban J connectivity index is 1.67. The van der Waals surface area contributed by atoms with Crippen molar-refractivity contribution in [2.24, 2.45) is 0 Å². The van der Waals surface area contributed by atoms with Gasteiger partial charge in [0, 0.05) is 43.4 Å². The van der Waals surface area contributed by atoms with E-state index in [0.29, 0.717) is 53.8 Å². The highest BCUT2D eigenvalue weighted by atomic mass is 16.2. The number of aromatic amines is 1. The molecule has 3 aromatic rings. The number of hydrogen-bond acceptors (Lipinski definition) is 5. The number of amides is 2. The summed E-state index contributed by atoms with van der Waals surface area (Å²) >= 11 is 0. The monoisotopic (exact) mass is 490 g/mol. The molecule has 1 aliphatic heterocycles. The van der Waals surface area contributed by atoms with E-state index in [1.807, 2.05) is 56.3 Å². The van der Waals surface area contributed by atoms with Crippen LogP contribution in [0.5, 0.6) is 0 Å². The standard InChI is InChI=1S/C27H34N6O3/c1-6-7-24(34)32-10-8-19(9-11-32)23-13-20(22-15-29-33(16(2)3)25(22)31-23)26(35)28-14-21-17(4)12-18(5)30-27(21)36/h8,12-13,15-16H,6-7,9-11,14H2,1-5H3,(H,28,35)(H,30,36). The molecule has 0 bridgehead atoms. The molecule has 1 aliphatic rings. The third kappa shape index (κ3) is 5.10. The molecule has 0 aliphatic carbocycles. The van der Waals surface area contributed by atoms with Gasteiger partial charge in [-0.15, -0.1) is 0 Å². The van der Waals surface area contributed by atoms with E-state index >= 15 is 0 Å². The summed E-state index contributed by atoms with van der Waals surface area (Å²) in [5, 5.41) is 8.06. The van der Waals surface area contributed by atoms with Gasteiger partial charge in [0.05, 0.1) is 22.8 Å². The highest BCUT2D eigenvalue weighted by Crippen LogP contribution is 2.27. The fourth-order valence-corrected chi connectivity index (χ4v) is 4.61. The van der Waals surface area contributed by atoms with E-state index in [2.05, 4.69) is 15.4 Å². The van der Waals surface area contributed by atoms with E-state index in [1.54, 1.807) is 12.3 Å². The van der Waals surface area contributed by atoms with Gasteiger partial charge in [-0.25, -0.2) is 9.67 Å². The smallest absolute Gasteiger partial charge is 0.253 e. The number of H-pyrrole nitrogens is 1. The Hall–Kier alpha value is -3.75. The predicted molar refractivity (Wildman–Crippen MR) is 140 cm³/mol. The Kier molecular flexibility index (Phi) is 7.37. The van der Waals surface area contributed by atoms with Crippen LogP contribution in [0.25, 0.3) is 16.6 Å². The van der Waals surface area contributed by atoms with Crippen LogP contribution in [-0.4, -0.2) is 49.6 Å². The fraction of sp³-hybridized carbons (Fsp3) is 0.444. The molecule has 3 aromatic heterocycles. The Morgan fingerprint density at radius 1 is 1.22 bits per heavy atom. The lowest BCUT2D eigenvalue weighted by Gasteiger charge is -2.26. The topological polar surface area (TPSA) is 113 Å². The largest absolute Gasteiger partial charge is 0.348 e. The van der Waals surface area contributed by atoms with Crippen molar-refractivity contribution in [2.45, 2.75) is 66.5 Å². The SMILES string of the molecule is CCCC(=O)N1CC=C(c2cc(C(=O)NCc3c(C)cc(C)[nH]c3=O)c3cnn(C(C)C)c3n2)CC1. The summed E-state index contributed by atoms with van der Waals surface area (Å²) in [6, 6.07) is 3.76. The van der Waals surface area contributed by atoms with Crippen LogP contribution in [0, 0.1) is 13.8 Å². The number of fused-ring (bicyclic) bond motifs is 1. The summed E-state index contributed by atoms with van der Waals surface area (Å²) in [6.07, 6.45) is 5.75. The second-order valence-corrected chi connectivity index (χ2v) is 9.67. The van der Waals surface area contributed by atoms with E-state index in [0.717, 1.165) is 23.3 Å². The number of carbonyl (C=O) groups excluding carboxylic acids is 2. The summed E-state index contributed by atoms with van der Waals surface area (Å²) in [6.45, 7) is 11.0. The number of nitrogens with zero attached hydrogens (tertiary/aromatic N) is 4. The van der Waals surface area contributed by atoms with Crippen LogP contribution in [-0.2, 0) is 11.3 Å². The third-order valence-corrected chi connectivity index (χ3v) is 6.57. The molecule has 0 unspecified atom stereocenters. The first-order valence-corrected chi connectivity index (χ1v) is 12.5. The lowest BCUT2D eigenvalue weighted by molar-refractivity contribution is -0.130. The quantitative estimate of drug-likeness (QED) is 0.525. The fourth-order valence-electron chi connectivity index (χ4n) is 4.61. The first kappa shape index (κ1) is 25.3. The van der Waals surface area contributed by atoms with Crippen LogP contribution in [0.4, 0.5) is 0 Å². The van der Waals surface area contributed by atoms with Gasteiger partial charge in [-0.05, 0) is 63.8 Å². The molecule has 190 valence electrons. The van der Waals surface area contributed by atoms with Crippen LogP contribution < -0.4 is 10.9 Å². The Labute approximate surface area is 210 Å². The maximum absolute atomic E-state index is 13.4. The summed E-state index contributed by atoms with van der Waals surface area (Å²) in [7, 11) is 0. The van der Waals surface area contributed by atoms with Crippen LogP contribution in [0.1, 0.15) is 78.9 Å². The average Bonchev–Trinajstić information content (AvgIpc) is 3.27. The molecule has 9 heteroatoms. The van der Waals surface area contributed by atoms with E-state index in [-0.39, 0.29) is 30.0 Å². The number of hydrogen-bond donors (Lipinski definition) is 2. The van der Waals surface area contributed by atoms with E-state index < -0.39 is 0 Å². The minimum Gasteiger partial charge on any atom is -0.348 e. The molecule has 0 saturated carbocycles. The molecular formula is C27H34N6O3. The van der Waals surface area contributed by atoms with Crippen molar-refractivity contribution in [3.8, 4) is 0 Å². The van der Waals surface area contributed by atoms with Gasteiger partial charge in [0.25, 0.3) is 11.5 Å². The Bertz CT molecular complexity index is 1400. The zero-order valence-corrected chi connectivity index (χ0v) is 21.6. The molecule has 0 aromatic carbocycles. The molecule has 0 atom stereocenters. The number of aromatic nitrogens is 4. The molecule has 4 rings (SSSR count). The van der Waals surface area contributed by atoms with Gasteiger partial charge in [0.2, 0.25) is 5.91 Å². The molecule has 9 nitrogen and oxygen atoms in total. The maximum atomic E-state index is 13.4. The van der Waals surface area contributed by atoms with E-state index in [1.165, 1.54) is 0 Å². The van der Waals surface area contributed by atoms with E-state index in [4.69, 9.17) is 4.98 Å². The second kappa shape index (κ2) is 10.5. The van der Waals surface area contributed by atoms with Crippen LogP contribution >= 0.6 is 0 Å². The van der Waals surface area contributed by atoms with Gasteiger partial charge in [-0.3, -0.25) is 14.4 Å². The zero-order valence-electron chi connectivity index (χ0n) is 21.6. The number of carbonyl (C=O) groups is 2. The summed E-state index contributed by atoms with van der Waals surface area (Å²) < 4.78 is 1.81. The van der Waals surface area contributed by atoms with Gasteiger partial charge < -0.3 is 15.2 Å². The van der Waals surface area contributed by atoms with E-state index in [9.17, 15) is 14.4 Å². The van der Waals surface area contributed by atoms with Crippen molar-refractivity contribution in [3.05, 3.63) is 62.8 Å². The second-order valence-electron chi connectivity index (χ2n) is 9.67. The summed E-state index contributed by atoms with van der Waals surface area (Å²) in [4.78, 5) is 47.6. The van der Waals surface area contributed by atoms with Gasteiger partial charge in [-0.1, -0.05) is 13.0 Å². The molecule has 0 radical (unpaired) electrons. The van der Waals surface area contributed by atoms with Gasteiger partial charge in [0.1, 0.15) is 0 Å². The highest BCUT2D eigenvalue weighted by Gasteiger charge is 2.22. The van der Waals surface area contributed by atoms with Crippen LogP contribution in [0.15, 0.2) is 29.2 Å². The van der Waals surface area contributed by atoms with Crippen LogP contribution in [0.3, 0.4) is 0 Å². The first-order valence-electron chi connectivity index (χ1n) is 12.5. The van der Waals surface area contributed by atoms with Gasteiger partial charge >= 0.3 is 0 Å². The summed E-state index contributed by atoms with van der Waals surface area (Å²) in [5.41, 5.74) is 4.77. The lowest BCUT2D eigenvalue weighted by Crippen LogP contribution is -2.34. The molecule has 36 heavy (non-hydrogen) atoms. The normalized spacial score (nSPS) is 13.8. The molecule has 0 spiro atoms. The number of aryl methyl sites for hydroxylation is 2. The number of pyridine rings is 2. The number of rotatable bonds is 7. The van der Waals surface area contributed by atoms with Gasteiger partial charge in [0.15, 0.2) is 5.65 Å². The van der Waals surface area contributed by atoms with Crippen molar-refractivity contribution in [2.75, 3.05) is 13.1 Å². The highest BCUT2D eigenvalue weighted by molar-refractivity contribution is 6.06. The minimum absolute atomic E-state index is 0.0671. The average molecular weight is 491 g/mol. The zero-order chi connectivity index (χ0) is 26.0. The van der Waals surface area contributed by atoms with Crippen molar-refractivity contribution >= 4 is 28.4 Å². The molecule has 0 saturated heterocycles. The van der Waals surface area contributed by atoms with Crippen molar-refractivity contribution < 1.29 is 9.59 Å². The Morgan fingerprint density at radius 2 is 2.00 bits per heavy atom. The lowest BCUT2D eigenvalue weighted by atomic mass is 10.0. The van der Waals surface area contributed by atoms with Crippen molar-refractivity contribution in [1.29, 1.82) is 0 Å². The van der Waals surface area contributed by atoms with Crippen LogP contribution in [0.2, 0.25) is 0 Å². The Morgan fingerprint density at radius 3 is 2.64 bits per heavy atom. The van der Waals surface area contributed by atoms with Crippen molar-refractivity contribution in [3.63, 3.8) is 0 Å². The molecule has 4 heterocycles. The minimum atomic E-state index is -0.289.